The highest BCUT2D eigenvalue weighted by Gasteiger charge is 2.27. The van der Waals surface area contributed by atoms with Crippen molar-refractivity contribution < 1.29 is 9.21 Å². The van der Waals surface area contributed by atoms with E-state index in [1.165, 1.54) is 5.56 Å². The normalized spacial score (nSPS) is 16.4. The van der Waals surface area contributed by atoms with Gasteiger partial charge in [-0.2, -0.15) is 0 Å². The highest BCUT2D eigenvalue weighted by Crippen LogP contribution is 2.30. The molecule has 0 atom stereocenters. The monoisotopic (exact) mass is 378 g/mol. The number of amidine groups is 1. The number of furan rings is 1. The largest absolute Gasteiger partial charge is 0.451 e. The van der Waals surface area contributed by atoms with Gasteiger partial charge in [0.05, 0.1) is 5.69 Å². The van der Waals surface area contributed by atoms with Gasteiger partial charge in [0.2, 0.25) is 0 Å². The quantitative estimate of drug-likeness (QED) is 0.576. The maximum atomic E-state index is 13.1. The molecule has 2 heterocycles. The highest BCUT2D eigenvalue weighted by molar-refractivity contribution is 8.13. The van der Waals surface area contributed by atoms with Crippen LogP contribution in [-0.4, -0.2) is 28.3 Å². The van der Waals surface area contributed by atoms with Crippen LogP contribution in [0.5, 0.6) is 0 Å². The Morgan fingerprint density at radius 2 is 1.93 bits per heavy atom. The van der Waals surface area contributed by atoms with Gasteiger partial charge in [-0.15, -0.1) is 0 Å². The number of amides is 1. The molecule has 3 aromatic rings. The maximum absolute atomic E-state index is 13.1. The number of thioether (sulfide) groups is 1. The van der Waals surface area contributed by atoms with Crippen LogP contribution in [0.4, 0.5) is 5.69 Å². The predicted molar refractivity (Wildman–Crippen MR) is 112 cm³/mol. The van der Waals surface area contributed by atoms with E-state index in [4.69, 9.17) is 9.41 Å². The van der Waals surface area contributed by atoms with Gasteiger partial charge in [-0.3, -0.25) is 9.69 Å². The van der Waals surface area contributed by atoms with Gasteiger partial charge >= 0.3 is 0 Å². The summed E-state index contributed by atoms with van der Waals surface area (Å²) in [7, 11) is 0. The fourth-order valence-electron chi connectivity index (χ4n) is 3.24. The fraction of sp³-hybridized carbons (Fsp3) is 0.273. The Kier molecular flexibility index (Phi) is 5.03. The molecule has 4 rings (SSSR count). The molecule has 1 aromatic heterocycles. The summed E-state index contributed by atoms with van der Waals surface area (Å²) in [5, 5.41) is 1.69. The van der Waals surface area contributed by atoms with Crippen molar-refractivity contribution in [2.75, 3.05) is 12.3 Å². The van der Waals surface area contributed by atoms with Crippen molar-refractivity contribution in [3.8, 4) is 0 Å². The molecule has 27 heavy (non-hydrogen) atoms. The lowest BCUT2D eigenvalue weighted by Crippen LogP contribution is -2.39. The topological polar surface area (TPSA) is 45.8 Å². The predicted octanol–water partition coefficient (Wildman–Crippen LogP) is 5.82. The van der Waals surface area contributed by atoms with Crippen molar-refractivity contribution in [1.82, 2.24) is 4.90 Å². The maximum Gasteiger partial charge on any atom is 0.295 e. The lowest BCUT2D eigenvalue weighted by atomic mass is 10.0. The molecule has 0 radical (unpaired) electrons. The molecule has 2 aromatic carbocycles. The van der Waals surface area contributed by atoms with E-state index in [1.54, 1.807) is 16.7 Å². The van der Waals surface area contributed by atoms with E-state index in [0.29, 0.717) is 18.2 Å². The van der Waals surface area contributed by atoms with Crippen LogP contribution >= 0.6 is 11.8 Å². The molecule has 0 spiro atoms. The van der Waals surface area contributed by atoms with Crippen molar-refractivity contribution in [2.24, 2.45) is 4.99 Å². The number of hydrogen-bond donors (Lipinski definition) is 0. The minimum absolute atomic E-state index is 0.126. The average molecular weight is 378 g/mol. The fourth-order valence-corrected chi connectivity index (χ4v) is 4.19. The van der Waals surface area contributed by atoms with Crippen LogP contribution in [-0.2, 0) is 0 Å². The molecule has 138 valence electrons. The Labute approximate surface area is 163 Å². The molecular formula is C22H22N2O2S. The van der Waals surface area contributed by atoms with E-state index in [-0.39, 0.29) is 5.91 Å². The lowest BCUT2D eigenvalue weighted by Gasteiger charge is -2.27. The van der Waals surface area contributed by atoms with E-state index in [9.17, 15) is 4.79 Å². The molecule has 1 aliphatic heterocycles. The number of benzene rings is 2. The minimum Gasteiger partial charge on any atom is -0.451 e. The zero-order valence-corrected chi connectivity index (χ0v) is 16.3. The van der Waals surface area contributed by atoms with Crippen LogP contribution in [0.1, 0.15) is 42.3 Å². The van der Waals surface area contributed by atoms with E-state index in [2.05, 4.69) is 19.9 Å². The number of rotatable bonds is 3. The number of nitrogens with zero attached hydrogens (tertiary/aromatic N) is 2. The zero-order valence-electron chi connectivity index (χ0n) is 15.5. The molecule has 0 N–H and O–H groups in total. The van der Waals surface area contributed by atoms with Gasteiger partial charge in [-0.05, 0) is 36.1 Å². The number of fused-ring (bicyclic) bond motifs is 1. The summed E-state index contributed by atoms with van der Waals surface area (Å²) in [5.41, 5.74) is 2.85. The summed E-state index contributed by atoms with van der Waals surface area (Å²) in [4.78, 5) is 19.7. The average Bonchev–Trinajstić information content (AvgIpc) is 3.12. The summed E-state index contributed by atoms with van der Waals surface area (Å²) in [6.07, 6.45) is 0.946. The van der Waals surface area contributed by atoms with E-state index >= 15 is 0 Å². The van der Waals surface area contributed by atoms with Crippen LogP contribution < -0.4 is 0 Å². The van der Waals surface area contributed by atoms with E-state index < -0.39 is 0 Å². The van der Waals surface area contributed by atoms with Gasteiger partial charge in [0.15, 0.2) is 10.9 Å². The third-order valence-corrected chi connectivity index (χ3v) is 5.71. The molecule has 1 saturated heterocycles. The SMILES string of the molecule is CC(C)c1ccccc1N=C1SCCCN1C(=O)c1cc2ccccc2o1. The first-order chi connectivity index (χ1) is 13.1. The number of para-hydroxylation sites is 2. The Morgan fingerprint density at radius 1 is 1.15 bits per heavy atom. The lowest BCUT2D eigenvalue weighted by molar-refractivity contribution is 0.0821. The second kappa shape index (κ2) is 7.61. The summed E-state index contributed by atoms with van der Waals surface area (Å²) < 4.78 is 5.79. The van der Waals surface area contributed by atoms with Gasteiger partial charge in [0, 0.05) is 17.7 Å². The minimum atomic E-state index is -0.126. The second-order valence-electron chi connectivity index (χ2n) is 6.92. The Morgan fingerprint density at radius 3 is 2.74 bits per heavy atom. The van der Waals surface area contributed by atoms with Crippen LogP contribution in [0.25, 0.3) is 11.0 Å². The number of hydrogen-bond acceptors (Lipinski definition) is 4. The Balaban J connectivity index is 1.69. The first-order valence-corrected chi connectivity index (χ1v) is 10.2. The zero-order chi connectivity index (χ0) is 18.8. The molecule has 1 aliphatic rings. The summed E-state index contributed by atoms with van der Waals surface area (Å²) in [5.74, 6) is 1.58. The Bertz CT molecular complexity index is 973. The third kappa shape index (κ3) is 3.65. The first kappa shape index (κ1) is 17.9. The molecule has 0 aliphatic carbocycles. The molecular weight excluding hydrogens is 356 g/mol. The van der Waals surface area contributed by atoms with Crippen molar-refractivity contribution in [3.05, 3.63) is 65.9 Å². The van der Waals surface area contributed by atoms with Crippen molar-refractivity contribution in [3.63, 3.8) is 0 Å². The van der Waals surface area contributed by atoms with Gasteiger partial charge in [-0.1, -0.05) is 62.0 Å². The second-order valence-corrected chi connectivity index (χ2v) is 7.98. The molecule has 0 bridgehead atoms. The van der Waals surface area contributed by atoms with Crippen LogP contribution in [0.2, 0.25) is 0 Å². The molecule has 1 fully saturated rings. The number of carbonyl (C=O) groups excluding carboxylic acids is 1. The van der Waals surface area contributed by atoms with E-state index in [0.717, 1.165) is 34.0 Å². The van der Waals surface area contributed by atoms with Crippen molar-refractivity contribution >= 4 is 39.5 Å². The molecule has 0 saturated carbocycles. The van der Waals surface area contributed by atoms with E-state index in [1.807, 2.05) is 48.5 Å². The van der Waals surface area contributed by atoms with Crippen molar-refractivity contribution in [2.45, 2.75) is 26.2 Å². The molecule has 0 unspecified atom stereocenters. The molecule has 5 heteroatoms. The summed E-state index contributed by atoms with van der Waals surface area (Å²) in [6, 6.07) is 17.6. The first-order valence-electron chi connectivity index (χ1n) is 9.24. The standard InChI is InChI=1S/C22H22N2O2S/c1-15(2)17-9-4-5-10-18(17)23-22-24(12-7-13-27-22)21(25)20-14-16-8-3-6-11-19(16)26-20/h3-6,8-11,14-15H,7,12-13H2,1-2H3. The molecule has 4 nitrogen and oxygen atoms in total. The summed E-state index contributed by atoms with van der Waals surface area (Å²) >= 11 is 1.63. The third-order valence-electron chi connectivity index (χ3n) is 4.64. The van der Waals surface area contributed by atoms with Gasteiger partial charge < -0.3 is 4.42 Å². The number of aliphatic imine (C=N–C) groups is 1. The molecule has 1 amide bonds. The van der Waals surface area contributed by atoms with Gasteiger partial charge in [0.25, 0.3) is 5.91 Å². The van der Waals surface area contributed by atoms with Gasteiger partial charge in [-0.25, -0.2) is 4.99 Å². The van der Waals surface area contributed by atoms with Gasteiger partial charge in [0.1, 0.15) is 5.58 Å². The number of carbonyl (C=O) groups is 1. The van der Waals surface area contributed by atoms with Crippen LogP contribution in [0.15, 0.2) is 64.0 Å². The summed E-state index contributed by atoms with van der Waals surface area (Å²) in [6.45, 7) is 4.97. The van der Waals surface area contributed by atoms with Crippen LogP contribution in [0, 0.1) is 0 Å². The highest BCUT2D eigenvalue weighted by atomic mass is 32.2. The van der Waals surface area contributed by atoms with Crippen LogP contribution in [0.3, 0.4) is 0 Å². The Hall–Kier alpha value is -2.53. The smallest absolute Gasteiger partial charge is 0.295 e. The van der Waals surface area contributed by atoms with Crippen molar-refractivity contribution in [1.29, 1.82) is 0 Å².